The number of likely N-dealkylation sites (tertiary alicyclic amines) is 1. The topological polar surface area (TPSA) is 114 Å². The lowest BCUT2D eigenvalue weighted by molar-refractivity contribution is -0.119. The predicted molar refractivity (Wildman–Crippen MR) is 136 cm³/mol. The molecule has 10 heteroatoms. The summed E-state index contributed by atoms with van der Waals surface area (Å²) >= 11 is 5.88. The quantitative estimate of drug-likeness (QED) is 0.446. The second-order valence-corrected chi connectivity index (χ2v) is 9.49. The van der Waals surface area contributed by atoms with Gasteiger partial charge in [0, 0.05) is 42.1 Å². The van der Waals surface area contributed by atoms with Crippen LogP contribution >= 0.6 is 11.6 Å². The zero-order valence-electron chi connectivity index (χ0n) is 19.5. The summed E-state index contributed by atoms with van der Waals surface area (Å²) in [6.45, 7) is 1.21. The van der Waals surface area contributed by atoms with Crippen LogP contribution in [0, 0.1) is 5.92 Å². The monoisotopic (exact) mass is 499 g/mol. The Kier molecular flexibility index (Phi) is 7.90. The van der Waals surface area contributed by atoms with Gasteiger partial charge in [-0.15, -0.1) is 0 Å². The van der Waals surface area contributed by atoms with Crippen LogP contribution in [0.2, 0.25) is 5.02 Å². The fraction of sp³-hybridized carbons (Fsp3) is 0.400. The molecule has 2 aliphatic rings. The van der Waals surface area contributed by atoms with Crippen LogP contribution in [0.25, 0.3) is 0 Å². The lowest BCUT2D eigenvalue weighted by Crippen LogP contribution is -2.45. The average Bonchev–Trinajstić information content (AvgIpc) is 3.58. The van der Waals surface area contributed by atoms with E-state index in [1.807, 2.05) is 0 Å². The Morgan fingerprint density at radius 1 is 1.03 bits per heavy atom. The molecule has 4 amide bonds. The van der Waals surface area contributed by atoms with Crippen LogP contribution < -0.4 is 20.9 Å². The maximum absolute atomic E-state index is 12.9. The van der Waals surface area contributed by atoms with Crippen LogP contribution in [-0.2, 0) is 9.59 Å². The first-order chi connectivity index (χ1) is 16.8. The van der Waals surface area contributed by atoms with Gasteiger partial charge in [-0.05, 0) is 73.8 Å². The van der Waals surface area contributed by atoms with Gasteiger partial charge in [-0.3, -0.25) is 9.59 Å². The number of aliphatic hydroxyl groups excluding tert-OH is 1. The smallest absolute Gasteiger partial charge is 0.322 e. The van der Waals surface area contributed by atoms with Gasteiger partial charge in [0.15, 0.2) is 0 Å². The third-order valence-electron chi connectivity index (χ3n) is 6.24. The number of aliphatic hydroxyl groups is 1. The largest absolute Gasteiger partial charge is 0.391 e. The SMILES string of the molecule is CN(C(=O)CNCC1CC1)c1ccc(NC(=O)[C@H]2C[C@@H](O)CN2C(=O)Nc2ccc(Cl)cc2)cc1. The summed E-state index contributed by atoms with van der Waals surface area (Å²) in [4.78, 5) is 41.0. The molecule has 9 nitrogen and oxygen atoms in total. The minimum Gasteiger partial charge on any atom is -0.391 e. The second-order valence-electron chi connectivity index (χ2n) is 9.06. The number of rotatable bonds is 8. The minimum absolute atomic E-state index is 0.0373. The van der Waals surface area contributed by atoms with E-state index >= 15 is 0 Å². The number of likely N-dealkylation sites (N-methyl/N-ethyl adjacent to an activating group) is 1. The number of carbonyl (C=O) groups excluding carboxylic acids is 3. The first kappa shape index (κ1) is 25.0. The van der Waals surface area contributed by atoms with Gasteiger partial charge in [0.05, 0.1) is 12.6 Å². The normalized spacial score (nSPS) is 19.3. The van der Waals surface area contributed by atoms with Crippen LogP contribution in [0.15, 0.2) is 48.5 Å². The summed E-state index contributed by atoms with van der Waals surface area (Å²) in [7, 11) is 1.71. The standard InChI is InChI=1S/C25H30ClN5O4/c1-30(23(33)14-27-13-16-2-3-16)20-10-8-18(9-11-20)28-24(34)22-12-21(32)15-31(22)25(35)29-19-6-4-17(26)5-7-19/h4-11,16,21-22,27,32H,2-3,12-15H2,1H3,(H,28,34)(H,29,35)/t21-,22-/m1/s1. The summed E-state index contributed by atoms with van der Waals surface area (Å²) in [5, 5.41) is 19.4. The maximum atomic E-state index is 12.9. The average molecular weight is 500 g/mol. The number of anilines is 3. The number of carbonyl (C=O) groups is 3. The van der Waals surface area contributed by atoms with Gasteiger partial charge in [0.2, 0.25) is 11.8 Å². The molecule has 0 spiro atoms. The number of nitrogens with zero attached hydrogens (tertiary/aromatic N) is 2. The van der Waals surface area contributed by atoms with Crippen molar-refractivity contribution in [3.63, 3.8) is 0 Å². The van der Waals surface area contributed by atoms with E-state index in [4.69, 9.17) is 11.6 Å². The zero-order chi connectivity index (χ0) is 24.9. The Labute approximate surface area is 209 Å². The molecule has 1 aliphatic heterocycles. The van der Waals surface area contributed by atoms with Crippen molar-refractivity contribution >= 4 is 46.5 Å². The van der Waals surface area contributed by atoms with Crippen LogP contribution in [0.1, 0.15) is 19.3 Å². The molecule has 1 heterocycles. The molecule has 186 valence electrons. The Morgan fingerprint density at radius 3 is 2.31 bits per heavy atom. The Hall–Kier alpha value is -3.14. The van der Waals surface area contributed by atoms with Gasteiger partial charge in [-0.2, -0.15) is 0 Å². The fourth-order valence-corrected chi connectivity index (χ4v) is 4.10. The number of nitrogens with one attached hydrogen (secondary N) is 3. The van der Waals surface area contributed by atoms with E-state index in [1.165, 1.54) is 17.7 Å². The van der Waals surface area contributed by atoms with Crippen LogP contribution in [0.3, 0.4) is 0 Å². The van der Waals surface area contributed by atoms with Gasteiger partial charge in [-0.1, -0.05) is 11.6 Å². The molecule has 35 heavy (non-hydrogen) atoms. The van der Waals surface area contributed by atoms with E-state index in [1.54, 1.807) is 60.5 Å². The van der Waals surface area contributed by atoms with Crippen LogP contribution in [0.4, 0.5) is 21.9 Å². The van der Waals surface area contributed by atoms with Gasteiger partial charge >= 0.3 is 6.03 Å². The zero-order valence-corrected chi connectivity index (χ0v) is 20.3. The third kappa shape index (κ3) is 6.72. The highest BCUT2D eigenvalue weighted by Gasteiger charge is 2.39. The lowest BCUT2D eigenvalue weighted by Gasteiger charge is -2.24. The number of amides is 4. The molecular formula is C25H30ClN5O4. The lowest BCUT2D eigenvalue weighted by atomic mass is 10.1. The second kappa shape index (κ2) is 11.1. The Morgan fingerprint density at radius 2 is 1.66 bits per heavy atom. The van der Waals surface area contributed by atoms with Crippen molar-refractivity contribution in [2.75, 3.05) is 42.2 Å². The van der Waals surface area contributed by atoms with E-state index in [9.17, 15) is 19.5 Å². The van der Waals surface area contributed by atoms with Crippen LogP contribution in [-0.4, -0.2) is 66.7 Å². The summed E-state index contributed by atoms with van der Waals surface area (Å²) in [5.74, 6) is 0.274. The van der Waals surface area contributed by atoms with Gasteiger partial charge < -0.3 is 30.9 Å². The highest BCUT2D eigenvalue weighted by Crippen LogP contribution is 2.27. The predicted octanol–water partition coefficient (Wildman–Crippen LogP) is 2.91. The van der Waals surface area contributed by atoms with Crippen molar-refractivity contribution < 1.29 is 19.5 Å². The summed E-state index contributed by atoms with van der Waals surface area (Å²) < 4.78 is 0. The van der Waals surface area contributed by atoms with Crippen molar-refractivity contribution in [1.29, 1.82) is 0 Å². The Balaban J connectivity index is 1.32. The van der Waals surface area contributed by atoms with E-state index in [2.05, 4.69) is 16.0 Å². The van der Waals surface area contributed by atoms with Gasteiger partial charge in [-0.25, -0.2) is 4.79 Å². The molecular weight excluding hydrogens is 470 g/mol. The van der Waals surface area contributed by atoms with Crippen molar-refractivity contribution in [2.45, 2.75) is 31.4 Å². The first-order valence-electron chi connectivity index (χ1n) is 11.7. The number of benzene rings is 2. The molecule has 0 unspecified atom stereocenters. The van der Waals surface area contributed by atoms with Gasteiger partial charge in [0.25, 0.3) is 0 Å². The molecule has 1 aliphatic carbocycles. The maximum Gasteiger partial charge on any atom is 0.322 e. The number of hydrogen-bond acceptors (Lipinski definition) is 5. The molecule has 2 fully saturated rings. The van der Waals surface area contributed by atoms with Crippen molar-refractivity contribution in [1.82, 2.24) is 10.2 Å². The third-order valence-corrected chi connectivity index (χ3v) is 6.49. The molecule has 0 bridgehead atoms. The van der Waals surface area contributed by atoms with Crippen molar-refractivity contribution in [2.24, 2.45) is 5.92 Å². The molecule has 1 saturated heterocycles. The highest BCUT2D eigenvalue weighted by molar-refractivity contribution is 6.30. The van der Waals surface area contributed by atoms with Gasteiger partial charge in [0.1, 0.15) is 6.04 Å². The molecule has 0 aromatic heterocycles. The molecule has 4 N–H and O–H groups in total. The van der Waals surface area contributed by atoms with E-state index in [-0.39, 0.29) is 25.4 Å². The van der Waals surface area contributed by atoms with E-state index in [0.29, 0.717) is 28.0 Å². The van der Waals surface area contributed by atoms with E-state index in [0.717, 1.165) is 6.54 Å². The highest BCUT2D eigenvalue weighted by atomic mass is 35.5. The minimum atomic E-state index is -0.821. The molecule has 1 saturated carbocycles. The molecule has 0 radical (unpaired) electrons. The molecule has 4 rings (SSSR count). The summed E-state index contributed by atoms with van der Waals surface area (Å²) in [6, 6.07) is 12.2. The number of hydrogen-bond donors (Lipinski definition) is 4. The first-order valence-corrected chi connectivity index (χ1v) is 12.1. The molecule has 2 aromatic carbocycles. The number of halogens is 1. The fourth-order valence-electron chi connectivity index (χ4n) is 3.98. The molecule has 2 aromatic rings. The van der Waals surface area contributed by atoms with E-state index < -0.39 is 24.1 Å². The Bertz CT molecular complexity index is 1060. The number of β-amino-alcohol motifs (C(OH)–C–C–N with tert-alkyl or cyclic N) is 1. The number of urea groups is 1. The van der Waals surface area contributed by atoms with Crippen molar-refractivity contribution in [3.05, 3.63) is 53.6 Å². The van der Waals surface area contributed by atoms with Crippen LogP contribution in [0.5, 0.6) is 0 Å². The summed E-state index contributed by atoms with van der Waals surface area (Å²) in [6.07, 6.45) is 1.81. The van der Waals surface area contributed by atoms with Crippen molar-refractivity contribution in [3.8, 4) is 0 Å². The molecule has 2 atom stereocenters. The summed E-state index contributed by atoms with van der Waals surface area (Å²) in [5.41, 5.74) is 1.78.